The van der Waals surface area contributed by atoms with E-state index in [1.807, 2.05) is 0 Å². The van der Waals surface area contributed by atoms with Crippen molar-refractivity contribution in [2.75, 3.05) is 6.54 Å². The minimum absolute atomic E-state index is 0.831. The van der Waals surface area contributed by atoms with E-state index in [0.717, 1.165) is 25.6 Å². The predicted octanol–water partition coefficient (Wildman–Crippen LogP) is 3.35. The third kappa shape index (κ3) is 2.44. The molecule has 0 amide bonds. The number of aryl methyl sites for hydroxylation is 2. The minimum atomic E-state index is 0.831. The molecule has 0 aliphatic heterocycles. The molecule has 1 N–H and O–H groups in total. The first-order chi connectivity index (χ1) is 8.88. The molecule has 2 heteroatoms. The van der Waals surface area contributed by atoms with Crippen molar-refractivity contribution >= 4 is 10.9 Å². The van der Waals surface area contributed by atoms with E-state index in [2.05, 4.69) is 47.3 Å². The Morgan fingerprint density at radius 1 is 1.28 bits per heavy atom. The van der Waals surface area contributed by atoms with Crippen molar-refractivity contribution in [1.29, 1.82) is 0 Å². The van der Waals surface area contributed by atoms with Gasteiger partial charge in [0.1, 0.15) is 0 Å². The van der Waals surface area contributed by atoms with Crippen molar-refractivity contribution in [3.8, 4) is 0 Å². The fraction of sp³-hybridized carbons (Fsp3) is 0.500. The van der Waals surface area contributed by atoms with Crippen molar-refractivity contribution in [2.24, 2.45) is 0 Å². The van der Waals surface area contributed by atoms with E-state index in [0.29, 0.717) is 0 Å². The van der Waals surface area contributed by atoms with Crippen LogP contribution in [0.5, 0.6) is 0 Å². The zero-order chi connectivity index (χ0) is 12.4. The van der Waals surface area contributed by atoms with Gasteiger partial charge in [-0.25, -0.2) is 0 Å². The molecule has 96 valence electrons. The van der Waals surface area contributed by atoms with Crippen molar-refractivity contribution in [3.63, 3.8) is 0 Å². The standard InChI is InChI=1S/C16H22N2/c1-2-13-5-3-6-14-9-12-18(16(13)14)11-4-10-17-15-7-8-15/h3,5-6,9,12,15,17H,2,4,7-8,10-11H2,1H3. The van der Waals surface area contributed by atoms with Crippen LogP contribution in [-0.2, 0) is 13.0 Å². The van der Waals surface area contributed by atoms with Crippen LogP contribution in [0.3, 0.4) is 0 Å². The van der Waals surface area contributed by atoms with Crippen LogP contribution in [0.4, 0.5) is 0 Å². The van der Waals surface area contributed by atoms with E-state index in [4.69, 9.17) is 0 Å². The maximum Gasteiger partial charge on any atom is 0.0512 e. The highest BCUT2D eigenvalue weighted by molar-refractivity contribution is 5.83. The Balaban J connectivity index is 1.70. The molecule has 0 radical (unpaired) electrons. The second-order valence-electron chi connectivity index (χ2n) is 5.30. The predicted molar refractivity (Wildman–Crippen MR) is 77.0 cm³/mol. The first kappa shape index (κ1) is 11.8. The average Bonchev–Trinajstić information content (AvgIpc) is 3.14. The third-order valence-corrected chi connectivity index (χ3v) is 3.84. The molecule has 2 nitrogen and oxygen atoms in total. The Bertz CT molecular complexity index is 523. The molecule has 0 spiro atoms. The van der Waals surface area contributed by atoms with Gasteiger partial charge >= 0.3 is 0 Å². The van der Waals surface area contributed by atoms with Gasteiger partial charge in [0.05, 0.1) is 5.52 Å². The molecule has 1 saturated carbocycles. The lowest BCUT2D eigenvalue weighted by Crippen LogP contribution is -2.18. The number of hydrogen-bond donors (Lipinski definition) is 1. The fourth-order valence-electron chi connectivity index (χ4n) is 2.66. The monoisotopic (exact) mass is 242 g/mol. The molecule has 2 aromatic rings. The number of nitrogens with zero attached hydrogens (tertiary/aromatic N) is 1. The second-order valence-corrected chi connectivity index (χ2v) is 5.30. The lowest BCUT2D eigenvalue weighted by Gasteiger charge is -2.09. The molecule has 0 bridgehead atoms. The van der Waals surface area contributed by atoms with Crippen LogP contribution in [0.15, 0.2) is 30.5 Å². The van der Waals surface area contributed by atoms with Gasteiger partial charge in [0.25, 0.3) is 0 Å². The Hall–Kier alpha value is -1.28. The van der Waals surface area contributed by atoms with Crippen LogP contribution >= 0.6 is 0 Å². The number of rotatable bonds is 6. The summed E-state index contributed by atoms with van der Waals surface area (Å²) >= 11 is 0. The molecule has 0 saturated heterocycles. The molecule has 1 aliphatic carbocycles. The van der Waals surface area contributed by atoms with Gasteiger partial charge in [0.2, 0.25) is 0 Å². The topological polar surface area (TPSA) is 17.0 Å². The van der Waals surface area contributed by atoms with Crippen LogP contribution in [0.2, 0.25) is 0 Å². The first-order valence-electron chi connectivity index (χ1n) is 7.18. The molecule has 18 heavy (non-hydrogen) atoms. The molecule has 0 atom stereocenters. The summed E-state index contributed by atoms with van der Waals surface area (Å²) < 4.78 is 2.42. The fourth-order valence-corrected chi connectivity index (χ4v) is 2.66. The van der Waals surface area contributed by atoms with Crippen LogP contribution in [0, 0.1) is 0 Å². The number of hydrogen-bond acceptors (Lipinski definition) is 1. The van der Waals surface area contributed by atoms with Gasteiger partial charge in [0.15, 0.2) is 0 Å². The van der Waals surface area contributed by atoms with E-state index in [9.17, 15) is 0 Å². The van der Waals surface area contributed by atoms with E-state index in [-0.39, 0.29) is 0 Å². The molecular formula is C16H22N2. The van der Waals surface area contributed by atoms with E-state index >= 15 is 0 Å². The molecular weight excluding hydrogens is 220 g/mol. The highest BCUT2D eigenvalue weighted by Crippen LogP contribution is 2.21. The summed E-state index contributed by atoms with van der Waals surface area (Å²) in [5, 5.41) is 4.96. The summed E-state index contributed by atoms with van der Waals surface area (Å²) in [6.07, 6.45) is 7.33. The van der Waals surface area contributed by atoms with Gasteiger partial charge in [-0.1, -0.05) is 25.1 Å². The number of benzene rings is 1. The first-order valence-corrected chi connectivity index (χ1v) is 7.18. The maximum atomic E-state index is 3.58. The summed E-state index contributed by atoms with van der Waals surface area (Å²) in [6, 6.07) is 9.70. The zero-order valence-electron chi connectivity index (χ0n) is 11.2. The van der Waals surface area contributed by atoms with Crippen molar-refractivity contribution < 1.29 is 0 Å². The Morgan fingerprint density at radius 2 is 2.17 bits per heavy atom. The average molecular weight is 242 g/mol. The molecule has 1 heterocycles. The minimum Gasteiger partial charge on any atom is -0.347 e. The summed E-state index contributed by atoms with van der Waals surface area (Å²) in [7, 11) is 0. The van der Waals surface area contributed by atoms with Crippen LogP contribution < -0.4 is 5.32 Å². The van der Waals surface area contributed by atoms with Gasteiger partial charge in [-0.2, -0.15) is 0 Å². The number of para-hydroxylation sites is 1. The largest absolute Gasteiger partial charge is 0.347 e. The number of nitrogens with one attached hydrogen (secondary N) is 1. The van der Waals surface area contributed by atoms with Gasteiger partial charge in [-0.15, -0.1) is 0 Å². The van der Waals surface area contributed by atoms with Crippen LogP contribution in [0.1, 0.15) is 31.7 Å². The van der Waals surface area contributed by atoms with Gasteiger partial charge in [-0.3, -0.25) is 0 Å². The van der Waals surface area contributed by atoms with Gasteiger partial charge < -0.3 is 9.88 Å². The number of fused-ring (bicyclic) bond motifs is 1. The van der Waals surface area contributed by atoms with Gasteiger partial charge in [0, 0.05) is 18.8 Å². The Kier molecular flexibility index (Phi) is 3.37. The molecule has 0 unspecified atom stereocenters. The maximum absolute atomic E-state index is 3.58. The van der Waals surface area contributed by atoms with Gasteiger partial charge in [-0.05, 0) is 49.2 Å². The lowest BCUT2D eigenvalue weighted by atomic mass is 10.1. The van der Waals surface area contributed by atoms with Crippen molar-refractivity contribution in [3.05, 3.63) is 36.0 Å². The van der Waals surface area contributed by atoms with E-state index in [1.165, 1.54) is 35.7 Å². The van der Waals surface area contributed by atoms with Crippen LogP contribution in [0.25, 0.3) is 10.9 Å². The van der Waals surface area contributed by atoms with E-state index < -0.39 is 0 Å². The van der Waals surface area contributed by atoms with E-state index in [1.54, 1.807) is 0 Å². The quantitative estimate of drug-likeness (QED) is 0.769. The zero-order valence-corrected chi connectivity index (χ0v) is 11.2. The van der Waals surface area contributed by atoms with Crippen LogP contribution in [-0.4, -0.2) is 17.2 Å². The highest BCUT2D eigenvalue weighted by Gasteiger charge is 2.19. The second kappa shape index (κ2) is 5.15. The summed E-state index contributed by atoms with van der Waals surface area (Å²) in [5.74, 6) is 0. The molecule has 3 rings (SSSR count). The summed E-state index contributed by atoms with van der Waals surface area (Å²) in [6.45, 7) is 4.51. The SMILES string of the molecule is CCc1cccc2ccn(CCCNC3CC3)c12. The Morgan fingerprint density at radius 3 is 2.94 bits per heavy atom. The molecule has 1 aromatic heterocycles. The molecule has 1 aromatic carbocycles. The summed E-state index contributed by atoms with van der Waals surface area (Å²) in [4.78, 5) is 0. The normalized spacial score (nSPS) is 15.4. The smallest absolute Gasteiger partial charge is 0.0512 e. The third-order valence-electron chi connectivity index (χ3n) is 3.84. The molecule has 1 aliphatic rings. The van der Waals surface area contributed by atoms with Crippen molar-refractivity contribution in [1.82, 2.24) is 9.88 Å². The molecule has 1 fully saturated rings. The summed E-state index contributed by atoms with van der Waals surface area (Å²) in [5.41, 5.74) is 2.90. The van der Waals surface area contributed by atoms with Crippen molar-refractivity contribution in [2.45, 2.75) is 45.2 Å². The lowest BCUT2D eigenvalue weighted by molar-refractivity contribution is 0.588. The number of aromatic nitrogens is 1. The Labute approximate surface area is 109 Å². The highest BCUT2D eigenvalue weighted by atomic mass is 15.0.